The van der Waals surface area contributed by atoms with Gasteiger partial charge in [0.05, 0.1) is 39.1 Å². The number of nitrogens with zero attached hydrogens (tertiary/aromatic N) is 4. The number of fused-ring (bicyclic) bond motifs is 2. The fraction of sp³-hybridized carbons (Fsp3) is 0.320. The standard InChI is InChI=1S/C25H22Cl2F6N4O6S2/c1-3-34-20-10-16(26)14(24(28,29)30)8-18(20)36(12-44(38,39)40)22(34)6-5-7-23-35(4-2)21-11-17(27)15(25(31,32)33)9-19(21)37(23)13-45(41,42)43/h5-11H,3-4,12-13H2,1-2H3,(H-,38,39,40,41,42,43)/p+1. The second kappa shape index (κ2) is 12.0. The Morgan fingerprint density at radius 1 is 0.822 bits per heavy atom. The van der Waals surface area contributed by atoms with E-state index in [0.29, 0.717) is 12.1 Å². The first-order valence-corrected chi connectivity index (χ1v) is 16.6. The molecule has 0 saturated heterocycles. The topological polar surface area (TPSA) is 124 Å². The van der Waals surface area contributed by atoms with Crippen molar-refractivity contribution in [2.24, 2.45) is 0 Å². The second-order valence-electron chi connectivity index (χ2n) is 9.65. The molecule has 3 aromatic rings. The highest BCUT2D eigenvalue weighted by Gasteiger charge is 2.40. The van der Waals surface area contributed by atoms with E-state index in [1.165, 1.54) is 27.7 Å². The van der Waals surface area contributed by atoms with E-state index in [0.717, 1.165) is 21.6 Å². The van der Waals surface area contributed by atoms with Gasteiger partial charge in [-0.1, -0.05) is 29.3 Å². The van der Waals surface area contributed by atoms with Crippen LogP contribution in [0.2, 0.25) is 10.0 Å². The molecule has 0 fully saturated rings. The Kier molecular flexibility index (Phi) is 9.26. The summed E-state index contributed by atoms with van der Waals surface area (Å²) < 4.78 is 151. The van der Waals surface area contributed by atoms with Crippen LogP contribution in [0.4, 0.5) is 37.7 Å². The molecule has 1 aliphatic heterocycles. The van der Waals surface area contributed by atoms with Crippen molar-refractivity contribution in [1.29, 1.82) is 0 Å². The van der Waals surface area contributed by atoms with E-state index in [1.54, 1.807) is 13.8 Å². The molecular weight excluding hydrogens is 701 g/mol. The van der Waals surface area contributed by atoms with Gasteiger partial charge in [-0.15, -0.1) is 0 Å². The molecule has 10 nitrogen and oxygen atoms in total. The van der Waals surface area contributed by atoms with Crippen molar-refractivity contribution in [2.45, 2.75) is 38.6 Å². The lowest BCUT2D eigenvalue weighted by Gasteiger charge is -2.23. The van der Waals surface area contributed by atoms with Gasteiger partial charge in [-0.05, 0) is 32.1 Å². The number of halogens is 8. The van der Waals surface area contributed by atoms with Crippen LogP contribution in [0.15, 0.2) is 42.2 Å². The summed E-state index contributed by atoms with van der Waals surface area (Å²) in [6, 6.07) is 3.24. The molecule has 0 spiro atoms. The van der Waals surface area contributed by atoms with Crippen molar-refractivity contribution in [2.75, 3.05) is 22.2 Å². The molecule has 246 valence electrons. The average Bonchev–Trinajstić information content (AvgIpc) is 3.29. The minimum absolute atomic E-state index is 0.0420. The van der Waals surface area contributed by atoms with Gasteiger partial charge in [0.15, 0.2) is 16.9 Å². The van der Waals surface area contributed by atoms with Crippen LogP contribution >= 0.6 is 23.2 Å². The average molecular weight is 725 g/mol. The van der Waals surface area contributed by atoms with E-state index in [4.69, 9.17) is 23.2 Å². The molecule has 2 aromatic carbocycles. The maximum Gasteiger partial charge on any atom is 0.418 e. The molecule has 1 aliphatic rings. The van der Waals surface area contributed by atoms with Crippen LogP contribution in [0, 0.1) is 0 Å². The molecule has 0 radical (unpaired) electrons. The van der Waals surface area contributed by atoms with Gasteiger partial charge in [-0.25, -0.2) is 9.13 Å². The Labute approximate surface area is 262 Å². The first kappa shape index (κ1) is 34.8. The third kappa shape index (κ3) is 7.20. The van der Waals surface area contributed by atoms with E-state index in [1.807, 2.05) is 0 Å². The van der Waals surface area contributed by atoms with Gasteiger partial charge in [0.2, 0.25) is 5.88 Å². The lowest BCUT2D eigenvalue weighted by atomic mass is 10.1. The summed E-state index contributed by atoms with van der Waals surface area (Å²) in [5.74, 6) is -2.41. The van der Waals surface area contributed by atoms with Crippen LogP contribution in [0.1, 0.15) is 30.8 Å². The Balaban J connectivity index is 1.95. The van der Waals surface area contributed by atoms with E-state index in [9.17, 15) is 52.3 Å². The van der Waals surface area contributed by atoms with Gasteiger partial charge in [0, 0.05) is 24.8 Å². The van der Waals surface area contributed by atoms with Crippen molar-refractivity contribution in [3.63, 3.8) is 0 Å². The van der Waals surface area contributed by atoms with Gasteiger partial charge in [0.25, 0.3) is 15.9 Å². The van der Waals surface area contributed by atoms with Crippen molar-refractivity contribution >= 4 is 71.9 Å². The summed E-state index contributed by atoms with van der Waals surface area (Å²) in [4.78, 5) is 2.29. The molecule has 0 atom stereocenters. The normalized spacial score (nSPS) is 15.7. The Bertz CT molecular complexity index is 1960. The smallest absolute Gasteiger partial charge is 0.326 e. The molecule has 20 heteroatoms. The molecule has 2 heterocycles. The van der Waals surface area contributed by atoms with Crippen molar-refractivity contribution in [1.82, 2.24) is 4.57 Å². The molecule has 0 saturated carbocycles. The highest BCUT2D eigenvalue weighted by molar-refractivity contribution is 7.85. The number of imidazole rings is 1. The third-order valence-electron chi connectivity index (χ3n) is 6.72. The quantitative estimate of drug-likeness (QED) is 0.160. The van der Waals surface area contributed by atoms with E-state index in [-0.39, 0.29) is 47.1 Å². The molecule has 0 bridgehead atoms. The number of benzene rings is 2. The highest BCUT2D eigenvalue weighted by Crippen LogP contribution is 2.48. The van der Waals surface area contributed by atoms with Gasteiger partial charge >= 0.3 is 22.5 Å². The molecule has 0 aliphatic carbocycles. The number of alkyl halides is 6. The molecule has 45 heavy (non-hydrogen) atoms. The van der Waals surface area contributed by atoms with Crippen molar-refractivity contribution in [3.05, 3.63) is 69.2 Å². The van der Waals surface area contributed by atoms with Crippen LogP contribution in [-0.4, -0.2) is 42.9 Å². The zero-order valence-corrected chi connectivity index (χ0v) is 26.2. The SMILES string of the molecule is CCN1C(=CC=Cc2n(CC)c3cc(Cl)c(C(F)(F)F)cc3[n+]2CS(=O)(=O)O)N(CS(=O)(=O)O)c2cc(C(F)(F)F)c(Cl)cc21. The van der Waals surface area contributed by atoms with E-state index in [2.05, 4.69) is 0 Å². The summed E-state index contributed by atoms with van der Waals surface area (Å²) in [7, 11) is -9.63. The predicted octanol–water partition coefficient (Wildman–Crippen LogP) is 6.18. The number of anilines is 2. The largest absolute Gasteiger partial charge is 0.418 e. The first-order chi connectivity index (χ1) is 20.6. The van der Waals surface area contributed by atoms with Crippen molar-refractivity contribution in [3.8, 4) is 0 Å². The summed E-state index contributed by atoms with van der Waals surface area (Å²) in [5.41, 5.74) is -2.85. The number of allylic oxidation sites excluding steroid dienone is 2. The molecule has 2 N–H and O–H groups in total. The molecule has 4 rings (SSSR count). The number of rotatable bonds is 8. The number of aryl methyl sites for hydroxylation is 1. The number of hydrogen-bond acceptors (Lipinski definition) is 6. The fourth-order valence-corrected chi connectivity index (χ4v) is 6.75. The summed E-state index contributed by atoms with van der Waals surface area (Å²) in [5, 5.41) is -1.34. The van der Waals surface area contributed by atoms with E-state index < -0.39 is 65.5 Å². The van der Waals surface area contributed by atoms with Gasteiger partial charge < -0.3 is 9.80 Å². The summed E-state index contributed by atoms with van der Waals surface area (Å²) in [6.07, 6.45) is -6.09. The minimum atomic E-state index is -4.90. The maximum absolute atomic E-state index is 13.6. The van der Waals surface area contributed by atoms with Gasteiger partial charge in [-0.2, -0.15) is 43.2 Å². The summed E-state index contributed by atoms with van der Waals surface area (Å²) in [6.45, 7) is 3.35. The van der Waals surface area contributed by atoms with Crippen LogP contribution in [-0.2, 0) is 45.0 Å². The van der Waals surface area contributed by atoms with Crippen LogP contribution in [0.3, 0.4) is 0 Å². The minimum Gasteiger partial charge on any atom is -0.326 e. The Morgan fingerprint density at radius 3 is 1.89 bits per heavy atom. The maximum atomic E-state index is 13.6. The highest BCUT2D eigenvalue weighted by atomic mass is 35.5. The van der Waals surface area contributed by atoms with E-state index >= 15 is 0 Å². The number of hydrogen-bond donors (Lipinski definition) is 2. The van der Waals surface area contributed by atoms with Crippen LogP contribution in [0.25, 0.3) is 17.1 Å². The summed E-state index contributed by atoms with van der Waals surface area (Å²) >= 11 is 11.8. The molecular formula is C25H23Cl2F6N4O6S2+. The fourth-order valence-electron chi connectivity index (χ4n) is 5.03. The number of aromatic nitrogens is 2. The lowest BCUT2D eigenvalue weighted by Crippen LogP contribution is -2.40. The monoisotopic (exact) mass is 723 g/mol. The molecule has 0 amide bonds. The predicted molar refractivity (Wildman–Crippen MR) is 155 cm³/mol. The molecule has 0 unspecified atom stereocenters. The lowest BCUT2D eigenvalue weighted by molar-refractivity contribution is -0.654. The zero-order chi connectivity index (χ0) is 33.9. The van der Waals surface area contributed by atoms with Gasteiger partial charge in [-0.3, -0.25) is 9.11 Å². The van der Waals surface area contributed by atoms with Crippen LogP contribution in [0.5, 0.6) is 0 Å². The van der Waals surface area contributed by atoms with Crippen LogP contribution < -0.4 is 14.4 Å². The molecule has 1 aromatic heterocycles. The second-order valence-corrected chi connectivity index (χ2v) is 13.3. The Hall–Kier alpha value is -3.03. The first-order valence-electron chi connectivity index (χ1n) is 12.6. The zero-order valence-electron chi connectivity index (χ0n) is 23.0. The Morgan fingerprint density at radius 2 is 1.38 bits per heavy atom. The van der Waals surface area contributed by atoms with Gasteiger partial charge in [0.1, 0.15) is 5.82 Å². The van der Waals surface area contributed by atoms with Crippen molar-refractivity contribution < 1.29 is 56.9 Å². The third-order valence-corrected chi connectivity index (χ3v) is 8.51.